The molecule has 0 atom stereocenters. The van der Waals surface area contributed by atoms with Gasteiger partial charge >= 0.3 is 0 Å². The van der Waals surface area contributed by atoms with Gasteiger partial charge in [0.2, 0.25) is 5.91 Å². The number of amides is 1. The van der Waals surface area contributed by atoms with E-state index in [0.717, 1.165) is 30.6 Å². The van der Waals surface area contributed by atoms with Crippen molar-refractivity contribution in [3.8, 4) is 0 Å². The summed E-state index contributed by atoms with van der Waals surface area (Å²) in [5.74, 6) is 1.12. The molecule has 0 radical (unpaired) electrons. The van der Waals surface area contributed by atoms with Crippen LogP contribution in [0.2, 0.25) is 0 Å². The van der Waals surface area contributed by atoms with Crippen LogP contribution in [-0.4, -0.2) is 19.0 Å². The van der Waals surface area contributed by atoms with Crippen molar-refractivity contribution >= 4 is 17.3 Å². The summed E-state index contributed by atoms with van der Waals surface area (Å²) in [4.78, 5) is 13.5. The van der Waals surface area contributed by atoms with Crippen molar-refractivity contribution in [2.75, 3.05) is 23.7 Å². The van der Waals surface area contributed by atoms with E-state index in [1.54, 1.807) is 12.1 Å². The maximum atomic E-state index is 11.3. The molecular formula is C15H23N3O. The molecule has 4 nitrogen and oxygen atoms in total. The van der Waals surface area contributed by atoms with Gasteiger partial charge in [-0.05, 0) is 42.9 Å². The predicted octanol–water partition coefficient (Wildman–Crippen LogP) is 2.24. The van der Waals surface area contributed by atoms with E-state index in [1.165, 1.54) is 12.8 Å². The minimum Gasteiger partial charge on any atom is -0.397 e. The number of benzene rings is 1. The summed E-state index contributed by atoms with van der Waals surface area (Å²) in [5, 5.41) is 0. The molecule has 0 unspecified atom stereocenters. The van der Waals surface area contributed by atoms with E-state index in [9.17, 15) is 4.79 Å². The van der Waals surface area contributed by atoms with Gasteiger partial charge in [-0.3, -0.25) is 4.79 Å². The number of hydrogen-bond acceptors (Lipinski definition) is 3. The van der Waals surface area contributed by atoms with Crippen LogP contribution in [0.15, 0.2) is 18.2 Å². The molecule has 2 rings (SSSR count). The first-order valence-electron chi connectivity index (χ1n) is 6.93. The molecule has 1 fully saturated rings. The fourth-order valence-corrected chi connectivity index (χ4v) is 2.78. The number of carbonyl (C=O) groups is 1. The summed E-state index contributed by atoms with van der Waals surface area (Å²) in [7, 11) is 0. The SMILES string of the molecule is CC(C)C1CCN(c2cc(C(N)=O)ccc2N)CC1. The van der Waals surface area contributed by atoms with Crippen LogP contribution in [0.25, 0.3) is 0 Å². The summed E-state index contributed by atoms with van der Waals surface area (Å²) >= 11 is 0. The highest BCUT2D eigenvalue weighted by Gasteiger charge is 2.23. The lowest BCUT2D eigenvalue weighted by molar-refractivity contribution is 0.100. The Balaban J connectivity index is 2.15. The Morgan fingerprint density at radius 3 is 2.47 bits per heavy atom. The molecule has 1 aliphatic rings. The second-order valence-electron chi connectivity index (χ2n) is 5.71. The van der Waals surface area contributed by atoms with E-state index >= 15 is 0 Å². The summed E-state index contributed by atoms with van der Waals surface area (Å²) in [6.45, 7) is 6.55. The molecule has 0 saturated carbocycles. The maximum absolute atomic E-state index is 11.3. The zero-order valence-corrected chi connectivity index (χ0v) is 11.7. The fourth-order valence-electron chi connectivity index (χ4n) is 2.78. The highest BCUT2D eigenvalue weighted by molar-refractivity contribution is 5.95. The first kappa shape index (κ1) is 13.7. The number of hydrogen-bond donors (Lipinski definition) is 2. The summed E-state index contributed by atoms with van der Waals surface area (Å²) < 4.78 is 0. The van der Waals surface area contributed by atoms with Crippen LogP contribution in [0.3, 0.4) is 0 Å². The standard InChI is InChI=1S/C15H23N3O/c1-10(2)11-5-7-18(8-6-11)14-9-12(15(17)19)3-4-13(14)16/h3-4,9-11H,5-8,16H2,1-2H3,(H2,17,19). The minimum atomic E-state index is -0.404. The molecule has 1 heterocycles. The first-order valence-corrected chi connectivity index (χ1v) is 6.93. The van der Waals surface area contributed by atoms with Gasteiger partial charge in [0, 0.05) is 18.7 Å². The van der Waals surface area contributed by atoms with Gasteiger partial charge < -0.3 is 16.4 Å². The fraction of sp³-hybridized carbons (Fsp3) is 0.533. The van der Waals surface area contributed by atoms with Crippen LogP contribution in [0.5, 0.6) is 0 Å². The van der Waals surface area contributed by atoms with Gasteiger partial charge in [0.05, 0.1) is 11.4 Å². The third-order valence-electron chi connectivity index (χ3n) is 4.14. The van der Waals surface area contributed by atoms with Gasteiger partial charge in [-0.2, -0.15) is 0 Å². The van der Waals surface area contributed by atoms with Crippen molar-refractivity contribution in [1.29, 1.82) is 0 Å². The Morgan fingerprint density at radius 2 is 1.95 bits per heavy atom. The normalized spacial score (nSPS) is 16.9. The van der Waals surface area contributed by atoms with E-state index in [2.05, 4.69) is 18.7 Å². The number of nitrogens with two attached hydrogens (primary N) is 2. The molecule has 0 aromatic heterocycles. The zero-order valence-electron chi connectivity index (χ0n) is 11.7. The van der Waals surface area contributed by atoms with Gasteiger partial charge in [-0.25, -0.2) is 0 Å². The molecular weight excluding hydrogens is 238 g/mol. The highest BCUT2D eigenvalue weighted by Crippen LogP contribution is 2.31. The molecule has 0 aliphatic carbocycles. The van der Waals surface area contributed by atoms with Gasteiger partial charge in [0.1, 0.15) is 0 Å². The van der Waals surface area contributed by atoms with Crippen molar-refractivity contribution in [2.45, 2.75) is 26.7 Å². The van der Waals surface area contributed by atoms with Crippen LogP contribution in [-0.2, 0) is 0 Å². The van der Waals surface area contributed by atoms with E-state index in [4.69, 9.17) is 11.5 Å². The van der Waals surface area contributed by atoms with Crippen LogP contribution in [0.1, 0.15) is 37.0 Å². The van der Waals surface area contributed by atoms with Crippen molar-refractivity contribution < 1.29 is 4.79 Å². The van der Waals surface area contributed by atoms with Gasteiger partial charge in [0.25, 0.3) is 0 Å². The van der Waals surface area contributed by atoms with Crippen molar-refractivity contribution in [2.24, 2.45) is 17.6 Å². The van der Waals surface area contributed by atoms with E-state index in [0.29, 0.717) is 11.3 Å². The van der Waals surface area contributed by atoms with Crippen molar-refractivity contribution in [1.82, 2.24) is 0 Å². The van der Waals surface area contributed by atoms with Crippen LogP contribution < -0.4 is 16.4 Å². The molecule has 1 amide bonds. The number of piperidine rings is 1. The number of anilines is 2. The average molecular weight is 261 g/mol. The zero-order chi connectivity index (χ0) is 14.0. The summed E-state index contributed by atoms with van der Waals surface area (Å²) in [6, 6.07) is 5.26. The number of carbonyl (C=O) groups excluding carboxylic acids is 1. The molecule has 1 aliphatic heterocycles. The molecule has 1 aromatic rings. The molecule has 4 N–H and O–H groups in total. The second-order valence-corrected chi connectivity index (χ2v) is 5.71. The highest BCUT2D eigenvalue weighted by atomic mass is 16.1. The summed E-state index contributed by atoms with van der Waals surface area (Å²) in [6.07, 6.45) is 2.36. The lowest BCUT2D eigenvalue weighted by Crippen LogP contribution is -2.35. The molecule has 19 heavy (non-hydrogen) atoms. The van der Waals surface area contributed by atoms with E-state index in [-0.39, 0.29) is 0 Å². The Bertz CT molecular complexity index is 462. The smallest absolute Gasteiger partial charge is 0.248 e. The third kappa shape index (κ3) is 3.00. The molecule has 0 bridgehead atoms. The second kappa shape index (κ2) is 5.51. The molecule has 0 spiro atoms. The first-order chi connectivity index (χ1) is 8.99. The predicted molar refractivity (Wildman–Crippen MR) is 79.1 cm³/mol. The number of nitrogen functional groups attached to an aromatic ring is 1. The van der Waals surface area contributed by atoms with Gasteiger partial charge in [-0.15, -0.1) is 0 Å². The third-order valence-corrected chi connectivity index (χ3v) is 4.14. The monoisotopic (exact) mass is 261 g/mol. The Labute approximate surface area is 114 Å². The van der Waals surface area contributed by atoms with Crippen LogP contribution >= 0.6 is 0 Å². The Morgan fingerprint density at radius 1 is 1.32 bits per heavy atom. The van der Waals surface area contributed by atoms with Crippen molar-refractivity contribution in [3.05, 3.63) is 23.8 Å². The Kier molecular flexibility index (Phi) is 3.98. The van der Waals surface area contributed by atoms with E-state index in [1.807, 2.05) is 6.07 Å². The number of rotatable bonds is 3. The topological polar surface area (TPSA) is 72.3 Å². The molecule has 1 aromatic carbocycles. The summed E-state index contributed by atoms with van der Waals surface area (Å²) in [5.41, 5.74) is 13.5. The quantitative estimate of drug-likeness (QED) is 0.820. The molecule has 1 saturated heterocycles. The average Bonchev–Trinajstić information content (AvgIpc) is 2.39. The van der Waals surface area contributed by atoms with Crippen LogP contribution in [0, 0.1) is 11.8 Å². The van der Waals surface area contributed by atoms with Gasteiger partial charge in [0.15, 0.2) is 0 Å². The van der Waals surface area contributed by atoms with Gasteiger partial charge in [-0.1, -0.05) is 13.8 Å². The molecule has 4 heteroatoms. The largest absolute Gasteiger partial charge is 0.397 e. The Hall–Kier alpha value is -1.71. The lowest BCUT2D eigenvalue weighted by atomic mass is 9.86. The lowest BCUT2D eigenvalue weighted by Gasteiger charge is -2.36. The molecule has 104 valence electrons. The number of nitrogens with zero attached hydrogens (tertiary/aromatic N) is 1. The van der Waals surface area contributed by atoms with Crippen molar-refractivity contribution in [3.63, 3.8) is 0 Å². The maximum Gasteiger partial charge on any atom is 0.248 e. The van der Waals surface area contributed by atoms with Crippen LogP contribution in [0.4, 0.5) is 11.4 Å². The van der Waals surface area contributed by atoms with E-state index < -0.39 is 5.91 Å². The number of primary amides is 1. The minimum absolute atomic E-state index is 0.404.